The van der Waals surface area contributed by atoms with Crippen LogP contribution in [0.5, 0.6) is 0 Å². The molecule has 8 heteroatoms. The molecule has 8 nitrogen and oxygen atoms in total. The molecule has 170 valence electrons. The average molecular weight is 438 g/mol. The van der Waals surface area contributed by atoms with Crippen LogP contribution in [0.15, 0.2) is 53.0 Å². The van der Waals surface area contributed by atoms with Crippen LogP contribution in [0.25, 0.3) is 6.08 Å². The molecule has 2 aromatic rings. The van der Waals surface area contributed by atoms with Gasteiger partial charge in [-0.1, -0.05) is 19.8 Å². The minimum absolute atomic E-state index is 0.0270. The maximum atomic E-state index is 12.7. The van der Waals surface area contributed by atoms with Gasteiger partial charge in [0.1, 0.15) is 17.5 Å². The topological polar surface area (TPSA) is 104 Å². The van der Waals surface area contributed by atoms with Crippen molar-refractivity contribution in [3.05, 3.63) is 65.1 Å². The number of ether oxygens (including phenoxy) is 2. The Kier molecular flexibility index (Phi) is 7.24. The molecule has 4 N–H and O–H groups in total. The standard InChI is InChI=1S/C24H31N5O3/c1-3-4-6-18(29-24(30)22-15-32-12-11-26-22)19-9-8-16(27-19)13-21-23(31-2)14-20(28-21)17-7-5-10-25-17/h5,7-10,13-14,18,22,25-27H,3-4,6,11-12,15H2,1-2H3,(H,29,30). The van der Waals surface area contributed by atoms with Gasteiger partial charge >= 0.3 is 0 Å². The highest BCUT2D eigenvalue weighted by Gasteiger charge is 2.25. The molecule has 4 rings (SSSR count). The van der Waals surface area contributed by atoms with Crippen molar-refractivity contribution < 1.29 is 14.3 Å². The van der Waals surface area contributed by atoms with E-state index < -0.39 is 0 Å². The van der Waals surface area contributed by atoms with Crippen LogP contribution in [0, 0.1) is 0 Å². The zero-order chi connectivity index (χ0) is 22.3. The lowest BCUT2D eigenvalue weighted by Crippen LogP contribution is -2.51. The number of methoxy groups -OCH3 is 1. The Morgan fingerprint density at radius 2 is 2.31 bits per heavy atom. The quantitative estimate of drug-likeness (QED) is 0.484. The number of carbonyl (C=O) groups is 1. The molecule has 0 bridgehead atoms. The lowest BCUT2D eigenvalue weighted by molar-refractivity contribution is -0.126. The largest absolute Gasteiger partial charge is 0.494 e. The highest BCUT2D eigenvalue weighted by atomic mass is 16.5. The predicted octanol–water partition coefficient (Wildman–Crippen LogP) is 3.05. The van der Waals surface area contributed by atoms with Crippen molar-refractivity contribution in [1.29, 1.82) is 0 Å². The van der Waals surface area contributed by atoms with Crippen molar-refractivity contribution in [2.45, 2.75) is 38.3 Å². The maximum absolute atomic E-state index is 12.7. The van der Waals surface area contributed by atoms with E-state index in [9.17, 15) is 4.79 Å². The van der Waals surface area contributed by atoms with Gasteiger partial charge in [-0.2, -0.15) is 0 Å². The molecule has 32 heavy (non-hydrogen) atoms. The number of aromatic amines is 2. The van der Waals surface area contributed by atoms with Gasteiger partial charge in [-0.25, -0.2) is 4.99 Å². The fourth-order valence-corrected chi connectivity index (χ4v) is 3.89. The van der Waals surface area contributed by atoms with Crippen LogP contribution >= 0.6 is 0 Å². The molecule has 2 aliphatic rings. The molecule has 1 saturated heterocycles. The molecule has 4 heterocycles. The van der Waals surface area contributed by atoms with Crippen molar-refractivity contribution in [2.75, 3.05) is 26.9 Å². The monoisotopic (exact) mass is 437 g/mol. The summed E-state index contributed by atoms with van der Waals surface area (Å²) in [4.78, 5) is 24.1. The number of morpholine rings is 1. The van der Waals surface area contributed by atoms with E-state index in [1.165, 1.54) is 0 Å². The van der Waals surface area contributed by atoms with E-state index in [4.69, 9.17) is 14.5 Å². The van der Waals surface area contributed by atoms with Crippen molar-refractivity contribution in [2.24, 2.45) is 4.99 Å². The Labute approximate surface area is 188 Å². The number of amides is 1. The summed E-state index contributed by atoms with van der Waals surface area (Å²) in [6, 6.07) is 7.56. The van der Waals surface area contributed by atoms with E-state index in [-0.39, 0.29) is 18.0 Å². The van der Waals surface area contributed by atoms with Crippen LogP contribution in [0.4, 0.5) is 0 Å². The van der Waals surface area contributed by atoms with Crippen LogP contribution in [-0.4, -0.2) is 54.5 Å². The third-order valence-electron chi connectivity index (χ3n) is 5.65. The molecule has 1 amide bonds. The molecule has 0 saturated carbocycles. The molecule has 0 aliphatic carbocycles. The Hall–Kier alpha value is -3.10. The Morgan fingerprint density at radius 3 is 3.03 bits per heavy atom. The van der Waals surface area contributed by atoms with Gasteiger partial charge in [0.05, 0.1) is 37.8 Å². The van der Waals surface area contributed by atoms with Gasteiger partial charge in [0.15, 0.2) is 0 Å². The molecule has 0 radical (unpaired) electrons. The molecule has 2 aromatic heterocycles. The molecule has 2 aliphatic heterocycles. The number of carbonyl (C=O) groups excluding carboxylic acids is 1. The second kappa shape index (κ2) is 10.5. The van der Waals surface area contributed by atoms with E-state index in [1.54, 1.807) is 7.11 Å². The van der Waals surface area contributed by atoms with Gasteiger partial charge in [0.25, 0.3) is 0 Å². The van der Waals surface area contributed by atoms with Gasteiger partial charge in [-0.15, -0.1) is 0 Å². The number of H-pyrrole nitrogens is 2. The first-order valence-electron chi connectivity index (χ1n) is 11.2. The second-order valence-corrected chi connectivity index (χ2v) is 7.98. The van der Waals surface area contributed by atoms with Gasteiger partial charge in [0, 0.05) is 30.2 Å². The molecule has 2 unspecified atom stereocenters. The summed E-state index contributed by atoms with van der Waals surface area (Å²) < 4.78 is 11.0. The van der Waals surface area contributed by atoms with E-state index in [2.05, 4.69) is 27.5 Å². The summed E-state index contributed by atoms with van der Waals surface area (Å²) in [7, 11) is 1.65. The van der Waals surface area contributed by atoms with Crippen molar-refractivity contribution in [3.63, 3.8) is 0 Å². The number of nitrogens with one attached hydrogen (secondary N) is 4. The van der Waals surface area contributed by atoms with Crippen LogP contribution < -0.4 is 10.6 Å². The number of unbranched alkanes of at least 4 members (excludes halogenated alkanes) is 1. The highest BCUT2D eigenvalue weighted by Crippen LogP contribution is 2.26. The molecule has 0 aromatic carbocycles. The van der Waals surface area contributed by atoms with Crippen molar-refractivity contribution in [1.82, 2.24) is 20.6 Å². The van der Waals surface area contributed by atoms with E-state index in [1.807, 2.05) is 42.6 Å². The molecule has 0 spiro atoms. The van der Waals surface area contributed by atoms with Crippen LogP contribution in [0.3, 0.4) is 0 Å². The minimum Gasteiger partial charge on any atom is -0.494 e. The second-order valence-electron chi connectivity index (χ2n) is 7.98. The fraction of sp³-hybridized carbons (Fsp3) is 0.417. The summed E-state index contributed by atoms with van der Waals surface area (Å²) in [6.07, 6.45) is 8.71. The van der Waals surface area contributed by atoms with E-state index >= 15 is 0 Å². The molecular formula is C24H31N5O3. The lowest BCUT2D eigenvalue weighted by Gasteiger charge is -2.26. The number of aromatic nitrogens is 2. The lowest BCUT2D eigenvalue weighted by atomic mass is 10.1. The van der Waals surface area contributed by atoms with Gasteiger partial charge in [0.2, 0.25) is 5.91 Å². The maximum Gasteiger partial charge on any atom is 0.240 e. The summed E-state index contributed by atoms with van der Waals surface area (Å²) in [5.41, 5.74) is 4.41. The zero-order valence-electron chi connectivity index (χ0n) is 18.6. The fourth-order valence-electron chi connectivity index (χ4n) is 3.89. The number of aliphatic imine (C=N–C) groups is 1. The summed E-state index contributed by atoms with van der Waals surface area (Å²) in [6.45, 7) is 3.89. The van der Waals surface area contributed by atoms with Crippen LogP contribution in [0.2, 0.25) is 0 Å². The van der Waals surface area contributed by atoms with Gasteiger partial charge in [-0.05, 0) is 36.8 Å². The zero-order valence-corrected chi connectivity index (χ0v) is 18.6. The molecular weight excluding hydrogens is 406 g/mol. The molecule has 2 atom stereocenters. The summed E-state index contributed by atoms with van der Waals surface area (Å²) >= 11 is 0. The SMILES string of the molecule is CCCCC(NC(=O)C1COCCN1)c1ccc(C=C2N=C(c3ccc[nH]3)C=C2OC)[nH]1. The summed E-state index contributed by atoms with van der Waals surface area (Å²) in [5, 5.41) is 6.41. The number of allylic oxidation sites excluding steroid dienone is 1. The third kappa shape index (κ3) is 5.20. The normalized spacial score (nSPS) is 20.7. The minimum atomic E-state index is -0.307. The average Bonchev–Trinajstić information content (AvgIpc) is 3.58. The first-order valence-corrected chi connectivity index (χ1v) is 11.2. The smallest absolute Gasteiger partial charge is 0.240 e. The van der Waals surface area contributed by atoms with Crippen molar-refractivity contribution in [3.8, 4) is 0 Å². The first-order chi connectivity index (χ1) is 15.7. The van der Waals surface area contributed by atoms with E-state index in [0.29, 0.717) is 25.5 Å². The number of rotatable bonds is 9. The van der Waals surface area contributed by atoms with Gasteiger partial charge < -0.3 is 30.1 Å². The van der Waals surface area contributed by atoms with E-state index in [0.717, 1.165) is 47.8 Å². The third-order valence-corrected chi connectivity index (χ3v) is 5.65. The molecule has 1 fully saturated rings. The number of hydrogen-bond donors (Lipinski definition) is 4. The Bertz CT molecular complexity index is 997. The van der Waals surface area contributed by atoms with Gasteiger partial charge in [-0.3, -0.25) is 4.79 Å². The number of hydrogen-bond acceptors (Lipinski definition) is 5. The Morgan fingerprint density at radius 1 is 1.41 bits per heavy atom. The summed E-state index contributed by atoms with van der Waals surface area (Å²) in [5.74, 6) is 0.686. The Balaban J connectivity index is 1.51. The van der Waals surface area contributed by atoms with Crippen LogP contribution in [-0.2, 0) is 14.3 Å². The predicted molar refractivity (Wildman–Crippen MR) is 124 cm³/mol. The van der Waals surface area contributed by atoms with Crippen molar-refractivity contribution >= 4 is 17.7 Å². The van der Waals surface area contributed by atoms with Crippen LogP contribution in [0.1, 0.15) is 49.3 Å². The first kappa shape index (κ1) is 22.1. The highest BCUT2D eigenvalue weighted by molar-refractivity contribution is 6.11. The number of nitrogens with zero attached hydrogens (tertiary/aromatic N) is 1.